The van der Waals surface area contributed by atoms with Crippen molar-refractivity contribution >= 4 is 22.5 Å². The quantitative estimate of drug-likeness (QED) is 0.545. The van der Waals surface area contributed by atoms with Gasteiger partial charge in [0.2, 0.25) is 0 Å². The summed E-state index contributed by atoms with van der Waals surface area (Å²) in [7, 11) is 3.13. The minimum atomic E-state index is -0.254. The highest BCUT2D eigenvalue weighted by atomic mass is 16.5. The maximum absolute atomic E-state index is 13.2. The summed E-state index contributed by atoms with van der Waals surface area (Å²) in [5, 5.41) is 3.69. The fourth-order valence-electron chi connectivity index (χ4n) is 3.09. The number of carbonyl (C=O) groups is 1. The highest BCUT2D eigenvalue weighted by Gasteiger charge is 2.15. The molecule has 6 heteroatoms. The number of hydrogen-bond donors (Lipinski definition) is 1. The van der Waals surface area contributed by atoms with Crippen LogP contribution < -0.4 is 14.8 Å². The number of anilines is 1. The van der Waals surface area contributed by atoms with Crippen molar-refractivity contribution in [2.45, 2.75) is 0 Å². The topological polar surface area (TPSA) is 73.3 Å². The molecular weight excluding hydrogens is 366 g/mol. The zero-order valence-corrected chi connectivity index (χ0v) is 16.0. The number of pyridine rings is 2. The Bertz CT molecular complexity index is 1150. The van der Waals surface area contributed by atoms with Crippen molar-refractivity contribution in [2.24, 2.45) is 0 Å². The monoisotopic (exact) mass is 385 g/mol. The van der Waals surface area contributed by atoms with E-state index in [1.54, 1.807) is 44.7 Å². The minimum Gasteiger partial charge on any atom is -0.497 e. The lowest BCUT2D eigenvalue weighted by molar-refractivity contribution is 0.102. The molecule has 29 heavy (non-hydrogen) atoms. The van der Waals surface area contributed by atoms with Gasteiger partial charge in [0.25, 0.3) is 5.91 Å². The lowest BCUT2D eigenvalue weighted by atomic mass is 10.1. The van der Waals surface area contributed by atoms with Crippen molar-refractivity contribution in [2.75, 3.05) is 19.5 Å². The second-order valence-corrected chi connectivity index (χ2v) is 6.34. The van der Waals surface area contributed by atoms with Crippen molar-refractivity contribution in [3.05, 3.63) is 78.5 Å². The summed E-state index contributed by atoms with van der Waals surface area (Å²) in [4.78, 5) is 22.2. The second kappa shape index (κ2) is 7.98. The molecule has 0 bridgehead atoms. The number of methoxy groups -OCH3 is 2. The zero-order chi connectivity index (χ0) is 20.2. The lowest BCUT2D eigenvalue weighted by Gasteiger charge is -2.12. The van der Waals surface area contributed by atoms with Crippen LogP contribution in [0.3, 0.4) is 0 Å². The number of amides is 1. The Kier molecular flexibility index (Phi) is 5.07. The molecule has 0 aliphatic rings. The molecule has 6 nitrogen and oxygen atoms in total. The van der Waals surface area contributed by atoms with Crippen LogP contribution in [0.5, 0.6) is 11.5 Å². The van der Waals surface area contributed by atoms with Crippen molar-refractivity contribution in [3.8, 4) is 22.9 Å². The number of carbonyl (C=O) groups excluding carboxylic acids is 1. The van der Waals surface area contributed by atoms with Gasteiger partial charge in [-0.25, -0.2) is 4.98 Å². The summed E-state index contributed by atoms with van der Waals surface area (Å²) in [5.41, 5.74) is 3.15. The Balaban J connectivity index is 1.78. The van der Waals surface area contributed by atoms with E-state index in [0.29, 0.717) is 34.1 Å². The first-order valence-corrected chi connectivity index (χ1v) is 9.03. The first-order valence-electron chi connectivity index (χ1n) is 9.03. The average molecular weight is 385 g/mol. The number of hydrogen-bond acceptors (Lipinski definition) is 5. The minimum absolute atomic E-state index is 0.254. The van der Waals surface area contributed by atoms with Gasteiger partial charge in [0, 0.05) is 35.5 Å². The molecule has 2 aromatic carbocycles. The number of aromatic nitrogens is 2. The molecule has 2 heterocycles. The van der Waals surface area contributed by atoms with Crippen LogP contribution in [0.15, 0.2) is 72.9 Å². The molecule has 144 valence electrons. The summed E-state index contributed by atoms with van der Waals surface area (Å²) < 4.78 is 10.6. The highest BCUT2D eigenvalue weighted by molar-refractivity contribution is 6.13. The summed E-state index contributed by atoms with van der Waals surface area (Å²) in [6.45, 7) is 0. The largest absolute Gasteiger partial charge is 0.497 e. The van der Waals surface area contributed by atoms with E-state index >= 15 is 0 Å². The van der Waals surface area contributed by atoms with Gasteiger partial charge >= 0.3 is 0 Å². The van der Waals surface area contributed by atoms with Gasteiger partial charge in [0.05, 0.1) is 36.7 Å². The Morgan fingerprint density at radius 3 is 2.28 bits per heavy atom. The van der Waals surface area contributed by atoms with E-state index in [2.05, 4.69) is 15.3 Å². The van der Waals surface area contributed by atoms with Crippen LogP contribution in [0.2, 0.25) is 0 Å². The van der Waals surface area contributed by atoms with Crippen LogP contribution in [0.25, 0.3) is 22.3 Å². The van der Waals surface area contributed by atoms with E-state index < -0.39 is 0 Å². The summed E-state index contributed by atoms with van der Waals surface area (Å²) in [5.74, 6) is 0.929. The first-order chi connectivity index (χ1) is 14.2. The normalized spacial score (nSPS) is 10.6. The Morgan fingerprint density at radius 2 is 1.59 bits per heavy atom. The Labute approximate surface area is 168 Å². The molecule has 0 spiro atoms. The molecule has 1 N–H and O–H groups in total. The molecule has 2 aromatic heterocycles. The molecular formula is C23H19N3O3. The SMILES string of the molecule is COc1cc(NC(=O)c2cc(-c3ccccn3)nc3ccccc23)cc(OC)c1. The van der Waals surface area contributed by atoms with E-state index in [-0.39, 0.29) is 5.91 Å². The van der Waals surface area contributed by atoms with E-state index in [0.717, 1.165) is 10.9 Å². The lowest BCUT2D eigenvalue weighted by Crippen LogP contribution is -2.13. The standard InChI is InChI=1S/C23H19N3O3/c1-28-16-11-15(12-17(13-16)29-2)25-23(27)19-14-22(21-9-5-6-10-24-21)26-20-8-4-3-7-18(19)20/h3-14H,1-2H3,(H,25,27). The molecule has 0 atom stereocenters. The van der Waals surface area contributed by atoms with Crippen LogP contribution in [0, 0.1) is 0 Å². The number of nitrogens with zero attached hydrogens (tertiary/aromatic N) is 2. The molecule has 0 aliphatic heterocycles. The van der Waals surface area contributed by atoms with E-state index in [4.69, 9.17) is 9.47 Å². The van der Waals surface area contributed by atoms with Crippen LogP contribution in [0.1, 0.15) is 10.4 Å². The van der Waals surface area contributed by atoms with E-state index in [1.165, 1.54) is 0 Å². The molecule has 1 amide bonds. The Hall–Kier alpha value is -3.93. The van der Waals surface area contributed by atoms with Gasteiger partial charge < -0.3 is 14.8 Å². The number of para-hydroxylation sites is 1. The fourth-order valence-corrected chi connectivity index (χ4v) is 3.09. The van der Waals surface area contributed by atoms with Crippen molar-refractivity contribution in [3.63, 3.8) is 0 Å². The van der Waals surface area contributed by atoms with Gasteiger partial charge in [-0.1, -0.05) is 24.3 Å². The molecule has 0 aliphatic carbocycles. The molecule has 0 saturated carbocycles. The molecule has 0 unspecified atom stereocenters. The summed E-state index contributed by atoms with van der Waals surface area (Å²) in [6, 6.07) is 20.1. The second-order valence-electron chi connectivity index (χ2n) is 6.34. The summed E-state index contributed by atoms with van der Waals surface area (Å²) in [6.07, 6.45) is 1.70. The smallest absolute Gasteiger partial charge is 0.256 e. The third kappa shape index (κ3) is 3.87. The molecule has 0 radical (unpaired) electrons. The van der Waals surface area contributed by atoms with Gasteiger partial charge in [0.15, 0.2) is 0 Å². The van der Waals surface area contributed by atoms with Crippen molar-refractivity contribution in [1.82, 2.24) is 9.97 Å². The molecule has 4 rings (SSSR count). The maximum atomic E-state index is 13.2. The van der Waals surface area contributed by atoms with Gasteiger partial charge in [0.1, 0.15) is 11.5 Å². The number of ether oxygens (including phenoxy) is 2. The first kappa shape index (κ1) is 18.4. The number of benzene rings is 2. The van der Waals surface area contributed by atoms with Gasteiger partial charge in [-0.3, -0.25) is 9.78 Å². The van der Waals surface area contributed by atoms with Crippen LogP contribution in [0.4, 0.5) is 5.69 Å². The zero-order valence-electron chi connectivity index (χ0n) is 16.0. The van der Waals surface area contributed by atoms with E-state index in [9.17, 15) is 4.79 Å². The Morgan fingerprint density at radius 1 is 0.862 bits per heavy atom. The predicted octanol–water partition coefficient (Wildman–Crippen LogP) is 4.57. The maximum Gasteiger partial charge on any atom is 0.256 e. The molecule has 0 saturated heterocycles. The highest BCUT2D eigenvalue weighted by Crippen LogP contribution is 2.28. The van der Waals surface area contributed by atoms with Crippen molar-refractivity contribution in [1.29, 1.82) is 0 Å². The number of rotatable bonds is 5. The van der Waals surface area contributed by atoms with Crippen LogP contribution in [-0.2, 0) is 0 Å². The molecule has 4 aromatic rings. The summed E-state index contributed by atoms with van der Waals surface area (Å²) >= 11 is 0. The van der Waals surface area contributed by atoms with Crippen LogP contribution in [-0.4, -0.2) is 30.1 Å². The third-order valence-corrected chi connectivity index (χ3v) is 4.50. The van der Waals surface area contributed by atoms with Crippen molar-refractivity contribution < 1.29 is 14.3 Å². The van der Waals surface area contributed by atoms with Gasteiger partial charge in [-0.2, -0.15) is 0 Å². The third-order valence-electron chi connectivity index (χ3n) is 4.50. The fraction of sp³-hybridized carbons (Fsp3) is 0.0870. The van der Waals surface area contributed by atoms with Gasteiger partial charge in [-0.05, 0) is 24.3 Å². The number of fused-ring (bicyclic) bond motifs is 1. The van der Waals surface area contributed by atoms with Crippen LogP contribution >= 0.6 is 0 Å². The average Bonchev–Trinajstić information content (AvgIpc) is 2.78. The van der Waals surface area contributed by atoms with Gasteiger partial charge in [-0.15, -0.1) is 0 Å². The van der Waals surface area contributed by atoms with E-state index in [1.807, 2.05) is 42.5 Å². The predicted molar refractivity (Wildman–Crippen MR) is 112 cm³/mol. The number of nitrogens with one attached hydrogen (secondary N) is 1. The molecule has 0 fully saturated rings.